The van der Waals surface area contributed by atoms with Crippen LogP contribution in [-0.4, -0.2) is 6.10 Å². The zero-order chi connectivity index (χ0) is 17.1. The molecule has 0 saturated heterocycles. The van der Waals surface area contributed by atoms with Gasteiger partial charge in [-0.15, -0.1) is 0 Å². The Morgan fingerprint density at radius 3 is 2.33 bits per heavy atom. The SMILES string of the molecule is CC(C)Oc1ccc(-c2cc(-c3ccc(CN)cc3)co2)cc1Cl. The van der Waals surface area contributed by atoms with E-state index in [0.717, 1.165) is 28.0 Å². The summed E-state index contributed by atoms with van der Waals surface area (Å²) >= 11 is 6.30. The fraction of sp³-hybridized carbons (Fsp3) is 0.200. The molecule has 1 heterocycles. The maximum absolute atomic E-state index is 6.30. The number of nitrogens with two attached hydrogens (primary N) is 1. The number of benzene rings is 2. The smallest absolute Gasteiger partial charge is 0.138 e. The molecule has 0 atom stereocenters. The molecular formula is C20H20ClNO2. The normalized spacial score (nSPS) is 11.0. The van der Waals surface area contributed by atoms with Gasteiger partial charge in [0, 0.05) is 17.7 Å². The Morgan fingerprint density at radius 2 is 1.71 bits per heavy atom. The fourth-order valence-corrected chi connectivity index (χ4v) is 2.70. The van der Waals surface area contributed by atoms with E-state index in [1.807, 2.05) is 62.4 Å². The molecule has 1 aromatic heterocycles. The summed E-state index contributed by atoms with van der Waals surface area (Å²) in [5, 5.41) is 0.575. The minimum Gasteiger partial charge on any atom is -0.489 e. The third-order valence-corrected chi connectivity index (χ3v) is 4.00. The van der Waals surface area contributed by atoms with Crippen LogP contribution >= 0.6 is 11.6 Å². The largest absolute Gasteiger partial charge is 0.489 e. The molecule has 124 valence electrons. The molecule has 3 aromatic rings. The Balaban J connectivity index is 1.85. The van der Waals surface area contributed by atoms with Crippen molar-refractivity contribution in [2.24, 2.45) is 5.73 Å². The minimum absolute atomic E-state index is 0.0834. The molecule has 0 amide bonds. The van der Waals surface area contributed by atoms with Gasteiger partial charge in [0.05, 0.1) is 17.4 Å². The highest BCUT2D eigenvalue weighted by Gasteiger charge is 2.10. The predicted octanol–water partition coefficient (Wildman–Crippen LogP) is 5.51. The molecular weight excluding hydrogens is 322 g/mol. The van der Waals surface area contributed by atoms with E-state index in [0.29, 0.717) is 17.3 Å². The van der Waals surface area contributed by atoms with Gasteiger partial charge in [0.15, 0.2) is 0 Å². The summed E-state index contributed by atoms with van der Waals surface area (Å²) in [4.78, 5) is 0. The summed E-state index contributed by atoms with van der Waals surface area (Å²) in [6.07, 6.45) is 1.83. The highest BCUT2D eigenvalue weighted by atomic mass is 35.5. The van der Waals surface area contributed by atoms with Gasteiger partial charge in [-0.05, 0) is 49.2 Å². The van der Waals surface area contributed by atoms with Crippen molar-refractivity contribution < 1.29 is 9.15 Å². The first-order chi connectivity index (χ1) is 11.6. The standard InChI is InChI=1S/C20H20ClNO2/c1-13(2)24-19-8-7-16(9-18(19)21)20-10-17(12-23-20)15-5-3-14(11-22)4-6-15/h3-10,12-13H,11,22H2,1-2H3. The molecule has 24 heavy (non-hydrogen) atoms. The second-order valence-corrected chi connectivity index (χ2v) is 6.32. The summed E-state index contributed by atoms with van der Waals surface area (Å²) in [6.45, 7) is 4.48. The summed E-state index contributed by atoms with van der Waals surface area (Å²) in [5.74, 6) is 1.45. The highest BCUT2D eigenvalue weighted by molar-refractivity contribution is 6.32. The average molecular weight is 342 g/mol. The Bertz CT molecular complexity index is 822. The summed E-state index contributed by atoms with van der Waals surface area (Å²) in [7, 11) is 0. The van der Waals surface area contributed by atoms with Crippen molar-refractivity contribution >= 4 is 11.6 Å². The number of hydrogen-bond donors (Lipinski definition) is 1. The van der Waals surface area contributed by atoms with Crippen LogP contribution in [0.5, 0.6) is 5.75 Å². The zero-order valence-corrected chi connectivity index (χ0v) is 14.5. The molecule has 2 aromatic carbocycles. The molecule has 2 N–H and O–H groups in total. The molecule has 0 aliphatic heterocycles. The minimum atomic E-state index is 0.0834. The first kappa shape index (κ1) is 16.6. The van der Waals surface area contributed by atoms with Crippen LogP contribution in [0, 0.1) is 0 Å². The van der Waals surface area contributed by atoms with Crippen LogP contribution in [0.15, 0.2) is 59.2 Å². The molecule has 0 unspecified atom stereocenters. The van der Waals surface area contributed by atoms with Crippen LogP contribution in [0.25, 0.3) is 22.5 Å². The Morgan fingerprint density at radius 1 is 1.00 bits per heavy atom. The van der Waals surface area contributed by atoms with Gasteiger partial charge in [-0.3, -0.25) is 0 Å². The Labute approximate surface area is 147 Å². The van der Waals surface area contributed by atoms with E-state index in [9.17, 15) is 0 Å². The lowest BCUT2D eigenvalue weighted by molar-refractivity contribution is 0.242. The zero-order valence-electron chi connectivity index (χ0n) is 13.8. The van der Waals surface area contributed by atoms with Crippen molar-refractivity contribution in [3.63, 3.8) is 0 Å². The van der Waals surface area contributed by atoms with Crippen molar-refractivity contribution in [3.8, 4) is 28.2 Å². The maximum atomic E-state index is 6.30. The van der Waals surface area contributed by atoms with Gasteiger partial charge in [0.1, 0.15) is 11.5 Å². The average Bonchev–Trinajstić information content (AvgIpc) is 3.06. The van der Waals surface area contributed by atoms with Gasteiger partial charge < -0.3 is 14.9 Å². The summed E-state index contributed by atoms with van der Waals surface area (Å²) in [6, 6.07) is 15.8. The second kappa shape index (κ2) is 7.12. The van der Waals surface area contributed by atoms with Crippen LogP contribution in [0.1, 0.15) is 19.4 Å². The van der Waals surface area contributed by atoms with Crippen LogP contribution in [0.2, 0.25) is 5.02 Å². The molecule has 0 aliphatic carbocycles. The van der Waals surface area contributed by atoms with Crippen LogP contribution in [0.3, 0.4) is 0 Å². The lowest BCUT2D eigenvalue weighted by Crippen LogP contribution is -2.05. The molecule has 0 spiro atoms. The van der Waals surface area contributed by atoms with Crippen LogP contribution in [-0.2, 0) is 6.54 Å². The number of ether oxygens (including phenoxy) is 1. The van der Waals surface area contributed by atoms with Crippen LogP contribution < -0.4 is 10.5 Å². The molecule has 0 bridgehead atoms. The Hall–Kier alpha value is -2.23. The maximum Gasteiger partial charge on any atom is 0.138 e. The molecule has 3 nitrogen and oxygen atoms in total. The van der Waals surface area contributed by atoms with Crippen molar-refractivity contribution in [1.29, 1.82) is 0 Å². The number of furan rings is 1. The van der Waals surface area contributed by atoms with Gasteiger partial charge in [0.2, 0.25) is 0 Å². The van der Waals surface area contributed by atoms with Crippen molar-refractivity contribution in [2.75, 3.05) is 0 Å². The van der Waals surface area contributed by atoms with E-state index in [2.05, 4.69) is 0 Å². The van der Waals surface area contributed by atoms with E-state index >= 15 is 0 Å². The van der Waals surface area contributed by atoms with E-state index in [4.69, 9.17) is 26.5 Å². The van der Waals surface area contributed by atoms with E-state index < -0.39 is 0 Å². The summed E-state index contributed by atoms with van der Waals surface area (Å²) < 4.78 is 11.4. The number of rotatable bonds is 5. The molecule has 4 heteroatoms. The third-order valence-electron chi connectivity index (χ3n) is 3.70. The van der Waals surface area contributed by atoms with Gasteiger partial charge in [-0.25, -0.2) is 0 Å². The first-order valence-corrected chi connectivity index (χ1v) is 8.29. The number of hydrogen-bond acceptors (Lipinski definition) is 3. The number of halogens is 1. The third kappa shape index (κ3) is 3.64. The van der Waals surface area contributed by atoms with Crippen molar-refractivity contribution in [2.45, 2.75) is 26.5 Å². The molecule has 0 aliphatic rings. The van der Waals surface area contributed by atoms with E-state index in [-0.39, 0.29) is 6.10 Å². The monoisotopic (exact) mass is 341 g/mol. The highest BCUT2D eigenvalue weighted by Crippen LogP contribution is 2.33. The molecule has 0 radical (unpaired) electrons. The second-order valence-electron chi connectivity index (χ2n) is 5.91. The molecule has 3 rings (SSSR count). The Kier molecular flexibility index (Phi) is 4.93. The van der Waals surface area contributed by atoms with Crippen molar-refractivity contribution in [1.82, 2.24) is 0 Å². The van der Waals surface area contributed by atoms with Crippen LogP contribution in [0.4, 0.5) is 0 Å². The molecule has 0 saturated carbocycles. The summed E-state index contributed by atoms with van der Waals surface area (Å²) in [5.41, 5.74) is 9.77. The van der Waals surface area contributed by atoms with Gasteiger partial charge >= 0.3 is 0 Å². The first-order valence-electron chi connectivity index (χ1n) is 7.91. The quantitative estimate of drug-likeness (QED) is 0.665. The van der Waals surface area contributed by atoms with E-state index in [1.54, 1.807) is 6.26 Å². The lowest BCUT2D eigenvalue weighted by atomic mass is 10.1. The van der Waals surface area contributed by atoms with Gasteiger partial charge in [-0.2, -0.15) is 0 Å². The van der Waals surface area contributed by atoms with Crippen molar-refractivity contribution in [3.05, 3.63) is 65.4 Å². The van der Waals surface area contributed by atoms with Gasteiger partial charge in [0.25, 0.3) is 0 Å². The van der Waals surface area contributed by atoms with E-state index in [1.165, 1.54) is 0 Å². The molecule has 0 fully saturated rings. The lowest BCUT2D eigenvalue weighted by Gasteiger charge is -2.11. The topological polar surface area (TPSA) is 48.4 Å². The van der Waals surface area contributed by atoms with Gasteiger partial charge in [-0.1, -0.05) is 35.9 Å². The fourth-order valence-electron chi connectivity index (χ4n) is 2.48. The predicted molar refractivity (Wildman–Crippen MR) is 98.2 cm³/mol.